The minimum Gasteiger partial charge on any atom is -0.464 e. The zero-order chi connectivity index (χ0) is 19.0. The number of aromatic nitrogens is 1. The number of amides is 1. The van der Waals surface area contributed by atoms with Crippen LogP contribution in [-0.2, 0) is 16.1 Å². The maximum Gasteiger partial charge on any atom is 0.354 e. The smallest absolute Gasteiger partial charge is 0.354 e. The van der Waals surface area contributed by atoms with Crippen LogP contribution in [0, 0.1) is 27.7 Å². The van der Waals surface area contributed by atoms with Crippen molar-refractivity contribution >= 4 is 39.1 Å². The molecule has 0 unspecified atom stereocenters. The fourth-order valence-electron chi connectivity index (χ4n) is 3.31. The normalized spacial score (nSPS) is 11.0. The number of rotatable bonds is 4. The second-order valence-corrected chi connectivity index (χ2v) is 7.82. The van der Waals surface area contributed by atoms with Crippen LogP contribution in [0.2, 0.25) is 0 Å². The first kappa shape index (κ1) is 18.2. The van der Waals surface area contributed by atoms with Crippen LogP contribution in [-0.4, -0.2) is 23.6 Å². The van der Waals surface area contributed by atoms with Gasteiger partial charge in [-0.15, -0.1) is 11.3 Å². The number of nitrogens with one attached hydrogen (secondary N) is 1. The van der Waals surface area contributed by atoms with Crippen LogP contribution in [0.15, 0.2) is 24.3 Å². The maximum absolute atomic E-state index is 12.7. The molecule has 0 fully saturated rings. The van der Waals surface area contributed by atoms with Crippen molar-refractivity contribution in [2.45, 2.75) is 34.2 Å². The van der Waals surface area contributed by atoms with Gasteiger partial charge in [-0.25, -0.2) is 4.79 Å². The molecule has 26 heavy (non-hydrogen) atoms. The van der Waals surface area contributed by atoms with Gasteiger partial charge < -0.3 is 14.6 Å². The van der Waals surface area contributed by atoms with Gasteiger partial charge in [-0.1, -0.05) is 17.7 Å². The first-order chi connectivity index (χ1) is 12.3. The van der Waals surface area contributed by atoms with E-state index < -0.39 is 5.97 Å². The molecule has 0 aliphatic carbocycles. The maximum atomic E-state index is 12.7. The van der Waals surface area contributed by atoms with Crippen LogP contribution >= 0.6 is 11.3 Å². The van der Waals surface area contributed by atoms with Gasteiger partial charge in [0.2, 0.25) is 5.91 Å². The number of nitrogens with zero attached hydrogens (tertiary/aromatic N) is 1. The van der Waals surface area contributed by atoms with Crippen molar-refractivity contribution in [3.05, 3.63) is 51.5 Å². The molecule has 136 valence electrons. The summed E-state index contributed by atoms with van der Waals surface area (Å²) < 4.78 is 7.56. The number of hydrogen-bond acceptors (Lipinski definition) is 4. The third kappa shape index (κ3) is 3.37. The third-order valence-electron chi connectivity index (χ3n) is 4.35. The molecule has 0 aliphatic heterocycles. The third-order valence-corrected chi connectivity index (χ3v) is 5.34. The number of carbonyl (C=O) groups is 2. The highest BCUT2D eigenvalue weighted by Gasteiger charge is 2.20. The summed E-state index contributed by atoms with van der Waals surface area (Å²) in [6.45, 7) is 8.05. The molecule has 6 heteroatoms. The van der Waals surface area contributed by atoms with Gasteiger partial charge >= 0.3 is 5.97 Å². The monoisotopic (exact) mass is 370 g/mol. The number of hydrogen-bond donors (Lipinski definition) is 1. The van der Waals surface area contributed by atoms with Crippen molar-refractivity contribution in [1.29, 1.82) is 0 Å². The van der Waals surface area contributed by atoms with Gasteiger partial charge in [0.25, 0.3) is 0 Å². The molecule has 3 aromatic rings. The fourth-order valence-corrected chi connectivity index (χ4v) is 4.27. The van der Waals surface area contributed by atoms with E-state index in [1.165, 1.54) is 7.11 Å². The van der Waals surface area contributed by atoms with E-state index in [4.69, 9.17) is 4.74 Å². The zero-order valence-electron chi connectivity index (χ0n) is 15.6. The van der Waals surface area contributed by atoms with Gasteiger partial charge in [-0.3, -0.25) is 4.79 Å². The van der Waals surface area contributed by atoms with Crippen molar-refractivity contribution < 1.29 is 14.3 Å². The number of benzene rings is 1. The lowest BCUT2D eigenvalue weighted by Crippen LogP contribution is -2.22. The van der Waals surface area contributed by atoms with Crippen molar-refractivity contribution in [1.82, 2.24) is 4.57 Å². The largest absolute Gasteiger partial charge is 0.464 e. The molecule has 0 saturated carbocycles. The minimum atomic E-state index is -0.443. The minimum absolute atomic E-state index is 0.0524. The average Bonchev–Trinajstić information content (AvgIpc) is 3.07. The van der Waals surface area contributed by atoms with E-state index in [1.807, 2.05) is 45.9 Å². The Hall–Kier alpha value is -2.60. The van der Waals surface area contributed by atoms with Crippen LogP contribution in [0.3, 0.4) is 0 Å². The lowest BCUT2D eigenvalue weighted by Gasteiger charge is -2.14. The Bertz CT molecular complexity index is 991. The topological polar surface area (TPSA) is 60.3 Å². The van der Waals surface area contributed by atoms with Crippen LogP contribution in [0.5, 0.6) is 0 Å². The van der Waals surface area contributed by atoms with E-state index in [0.717, 1.165) is 37.5 Å². The zero-order valence-corrected chi connectivity index (χ0v) is 16.4. The quantitative estimate of drug-likeness (QED) is 0.694. The van der Waals surface area contributed by atoms with E-state index in [1.54, 1.807) is 22.0 Å². The van der Waals surface area contributed by atoms with Gasteiger partial charge in [-0.2, -0.15) is 0 Å². The van der Waals surface area contributed by atoms with Gasteiger partial charge in [0.05, 0.1) is 17.3 Å². The van der Waals surface area contributed by atoms with Gasteiger partial charge in [0.1, 0.15) is 12.2 Å². The van der Waals surface area contributed by atoms with Crippen molar-refractivity contribution in [2.75, 3.05) is 12.4 Å². The number of anilines is 1. The molecular formula is C20H22N2O3S. The van der Waals surface area contributed by atoms with Crippen LogP contribution in [0.25, 0.3) is 10.2 Å². The van der Waals surface area contributed by atoms with E-state index in [9.17, 15) is 9.59 Å². The Labute approximate surface area is 156 Å². The highest BCUT2D eigenvalue weighted by atomic mass is 32.1. The standard InChI is InChI=1S/C20H22N2O3S/c1-11-6-12(2)19(13(3)7-11)21-18(23)10-22-15-8-14(4)26-17(15)9-16(22)20(24)25-5/h6-9H,10H2,1-5H3,(H,21,23). The molecule has 5 nitrogen and oxygen atoms in total. The first-order valence-corrected chi connectivity index (χ1v) is 9.17. The molecular weight excluding hydrogens is 348 g/mol. The molecule has 0 spiro atoms. The number of thiophene rings is 1. The Morgan fingerprint density at radius 3 is 2.35 bits per heavy atom. The van der Waals surface area contributed by atoms with Crippen molar-refractivity contribution in [3.63, 3.8) is 0 Å². The summed E-state index contributed by atoms with van der Waals surface area (Å²) in [4.78, 5) is 25.9. The average molecular weight is 370 g/mol. The summed E-state index contributed by atoms with van der Waals surface area (Å²) in [7, 11) is 1.35. The van der Waals surface area contributed by atoms with Gasteiger partial charge in [0.15, 0.2) is 0 Å². The molecule has 0 saturated heterocycles. The second kappa shape index (κ2) is 6.96. The molecule has 0 atom stereocenters. The summed E-state index contributed by atoms with van der Waals surface area (Å²) >= 11 is 1.59. The molecule has 1 N–H and O–H groups in total. The van der Waals surface area contributed by atoms with E-state index in [0.29, 0.717) is 5.69 Å². The Kier molecular flexibility index (Phi) is 4.87. The summed E-state index contributed by atoms with van der Waals surface area (Å²) in [6, 6.07) is 7.85. The summed E-state index contributed by atoms with van der Waals surface area (Å²) in [5.74, 6) is -0.617. The first-order valence-electron chi connectivity index (χ1n) is 8.36. The predicted molar refractivity (Wildman–Crippen MR) is 105 cm³/mol. The van der Waals surface area contributed by atoms with Crippen LogP contribution < -0.4 is 5.32 Å². The molecule has 0 aliphatic rings. The molecule has 0 radical (unpaired) electrons. The Balaban J connectivity index is 1.93. The number of carbonyl (C=O) groups excluding carboxylic acids is 2. The Morgan fingerprint density at radius 2 is 1.73 bits per heavy atom. The van der Waals surface area contributed by atoms with Gasteiger partial charge in [0, 0.05) is 10.6 Å². The van der Waals surface area contributed by atoms with E-state index in [2.05, 4.69) is 5.32 Å². The number of ether oxygens (including phenoxy) is 1. The van der Waals surface area contributed by atoms with Gasteiger partial charge in [-0.05, 0) is 51.0 Å². The number of methoxy groups -OCH3 is 1. The predicted octanol–water partition coefficient (Wildman–Crippen LogP) is 4.36. The SMILES string of the molecule is COC(=O)c1cc2sc(C)cc2n1CC(=O)Nc1c(C)cc(C)cc1C. The lowest BCUT2D eigenvalue weighted by atomic mass is 10.1. The second-order valence-electron chi connectivity index (χ2n) is 6.54. The van der Waals surface area contributed by atoms with E-state index >= 15 is 0 Å². The fraction of sp³-hybridized carbons (Fsp3) is 0.300. The summed E-state index contributed by atoms with van der Waals surface area (Å²) in [5, 5.41) is 2.99. The molecule has 2 aromatic heterocycles. The lowest BCUT2D eigenvalue weighted by molar-refractivity contribution is -0.116. The van der Waals surface area contributed by atoms with Crippen molar-refractivity contribution in [2.24, 2.45) is 0 Å². The summed E-state index contributed by atoms with van der Waals surface area (Å²) in [5.41, 5.74) is 5.29. The van der Waals surface area contributed by atoms with Crippen molar-refractivity contribution in [3.8, 4) is 0 Å². The van der Waals surface area contributed by atoms with Crippen LogP contribution in [0.1, 0.15) is 32.1 Å². The summed E-state index contributed by atoms with van der Waals surface area (Å²) in [6.07, 6.45) is 0. The Morgan fingerprint density at radius 1 is 1.08 bits per heavy atom. The highest BCUT2D eigenvalue weighted by molar-refractivity contribution is 7.19. The molecule has 3 rings (SSSR count). The highest BCUT2D eigenvalue weighted by Crippen LogP contribution is 2.29. The molecule has 0 bridgehead atoms. The van der Waals surface area contributed by atoms with E-state index in [-0.39, 0.29) is 12.5 Å². The van der Waals surface area contributed by atoms with Crippen LogP contribution in [0.4, 0.5) is 5.69 Å². The number of aryl methyl sites for hydroxylation is 4. The number of esters is 1. The molecule has 1 aromatic carbocycles. The molecule has 1 amide bonds. The molecule has 2 heterocycles. The number of fused-ring (bicyclic) bond motifs is 1.